The Morgan fingerprint density at radius 1 is 1.04 bits per heavy atom. The predicted octanol–water partition coefficient (Wildman–Crippen LogP) is 4.52. The van der Waals surface area contributed by atoms with Gasteiger partial charge in [0, 0.05) is 17.1 Å². The number of carbonyl (C=O) groups excluding carboxylic acids is 2. The van der Waals surface area contributed by atoms with Gasteiger partial charge in [0.05, 0.1) is 6.42 Å². The van der Waals surface area contributed by atoms with Crippen molar-refractivity contribution >= 4 is 23.4 Å². The fourth-order valence-electron chi connectivity index (χ4n) is 2.94. The molecule has 28 heavy (non-hydrogen) atoms. The van der Waals surface area contributed by atoms with Crippen molar-refractivity contribution in [3.05, 3.63) is 70.2 Å². The van der Waals surface area contributed by atoms with E-state index < -0.39 is 6.04 Å². The van der Waals surface area contributed by atoms with Gasteiger partial charge in [-0.3, -0.25) is 9.59 Å². The lowest BCUT2D eigenvalue weighted by Crippen LogP contribution is -2.52. The average molecular weight is 401 g/mol. The highest BCUT2D eigenvalue weighted by atomic mass is 35.5. The molecule has 0 bridgehead atoms. The van der Waals surface area contributed by atoms with Crippen LogP contribution < -0.4 is 5.32 Å². The van der Waals surface area contributed by atoms with Crippen LogP contribution in [0.4, 0.5) is 0 Å². The first-order valence-electron chi connectivity index (χ1n) is 9.48. The number of nitrogens with zero attached hydrogens (tertiary/aromatic N) is 1. The monoisotopic (exact) mass is 400 g/mol. The van der Waals surface area contributed by atoms with Gasteiger partial charge in [0.25, 0.3) is 0 Å². The van der Waals surface area contributed by atoms with Gasteiger partial charge in [0.2, 0.25) is 11.8 Å². The van der Waals surface area contributed by atoms with Crippen LogP contribution in [0.25, 0.3) is 0 Å². The Labute approximate surface area is 172 Å². The zero-order chi connectivity index (χ0) is 20.9. The second kappa shape index (κ2) is 9.24. The number of carbonyl (C=O) groups is 2. The van der Waals surface area contributed by atoms with Crippen molar-refractivity contribution in [2.45, 2.75) is 59.2 Å². The molecule has 0 radical (unpaired) electrons. The predicted molar refractivity (Wildman–Crippen MR) is 114 cm³/mol. The summed E-state index contributed by atoms with van der Waals surface area (Å²) in [5, 5.41) is 3.55. The molecule has 0 saturated heterocycles. The van der Waals surface area contributed by atoms with Crippen LogP contribution in [0.2, 0.25) is 5.02 Å². The van der Waals surface area contributed by atoms with E-state index in [0.717, 1.165) is 16.7 Å². The fraction of sp³-hybridized carbons (Fsp3) is 0.391. The van der Waals surface area contributed by atoms with Gasteiger partial charge in [-0.15, -0.1) is 0 Å². The maximum Gasteiger partial charge on any atom is 0.242 e. The molecule has 0 heterocycles. The fourth-order valence-corrected chi connectivity index (χ4v) is 3.14. The van der Waals surface area contributed by atoms with Crippen molar-refractivity contribution in [3.63, 3.8) is 0 Å². The highest BCUT2D eigenvalue weighted by Crippen LogP contribution is 2.20. The van der Waals surface area contributed by atoms with Crippen molar-refractivity contribution in [2.24, 2.45) is 0 Å². The smallest absolute Gasteiger partial charge is 0.242 e. The summed E-state index contributed by atoms with van der Waals surface area (Å²) in [5.74, 6) is -0.288. The zero-order valence-corrected chi connectivity index (χ0v) is 18.0. The molecule has 0 aromatic heterocycles. The summed E-state index contributed by atoms with van der Waals surface area (Å²) in [5.41, 5.74) is 2.46. The zero-order valence-electron chi connectivity index (χ0n) is 17.3. The van der Waals surface area contributed by atoms with Crippen LogP contribution in [-0.2, 0) is 22.6 Å². The van der Waals surface area contributed by atoms with E-state index in [1.54, 1.807) is 17.9 Å². The summed E-state index contributed by atoms with van der Waals surface area (Å²) in [6.45, 7) is 9.79. The number of hydrogen-bond acceptors (Lipinski definition) is 2. The first-order chi connectivity index (χ1) is 13.1. The molecule has 1 atom stereocenters. The Hall–Kier alpha value is -2.33. The normalized spacial score (nSPS) is 12.4. The van der Waals surface area contributed by atoms with Crippen molar-refractivity contribution < 1.29 is 9.59 Å². The number of benzene rings is 2. The second-order valence-corrected chi connectivity index (χ2v) is 8.54. The number of halogens is 1. The lowest BCUT2D eigenvalue weighted by molar-refractivity contribution is -0.140. The average Bonchev–Trinajstić information content (AvgIpc) is 2.61. The van der Waals surface area contributed by atoms with Crippen molar-refractivity contribution in [3.8, 4) is 0 Å². The van der Waals surface area contributed by atoms with Crippen LogP contribution in [0, 0.1) is 6.92 Å². The van der Waals surface area contributed by atoms with Crippen molar-refractivity contribution in [2.75, 3.05) is 0 Å². The van der Waals surface area contributed by atoms with Crippen molar-refractivity contribution in [1.29, 1.82) is 0 Å². The number of nitrogens with one attached hydrogen (secondary N) is 1. The standard InChI is InChI=1S/C23H29ClN2O2/c1-16-10-6-7-11-18(16)14-21(27)26(15-19-12-8-9-13-20(19)24)17(2)22(28)25-23(3,4)5/h6-13,17H,14-15H2,1-5H3,(H,25,28)/t17-/m1/s1. The van der Waals surface area contributed by atoms with Crippen LogP contribution in [0.5, 0.6) is 0 Å². The van der Waals surface area contributed by atoms with E-state index in [9.17, 15) is 9.59 Å². The van der Waals surface area contributed by atoms with E-state index in [0.29, 0.717) is 5.02 Å². The summed E-state index contributed by atoms with van der Waals surface area (Å²) >= 11 is 6.31. The molecule has 0 saturated carbocycles. The Morgan fingerprint density at radius 2 is 1.61 bits per heavy atom. The van der Waals surface area contributed by atoms with E-state index in [1.807, 2.05) is 70.2 Å². The molecule has 150 valence electrons. The lowest BCUT2D eigenvalue weighted by atomic mass is 10.0. The van der Waals surface area contributed by atoms with Crippen LogP contribution >= 0.6 is 11.6 Å². The third kappa shape index (κ3) is 6.10. The highest BCUT2D eigenvalue weighted by Gasteiger charge is 2.29. The molecular weight excluding hydrogens is 372 g/mol. The van der Waals surface area contributed by atoms with Gasteiger partial charge in [-0.25, -0.2) is 0 Å². The molecule has 2 aromatic rings. The van der Waals surface area contributed by atoms with Crippen LogP contribution in [0.15, 0.2) is 48.5 Å². The SMILES string of the molecule is Cc1ccccc1CC(=O)N(Cc1ccccc1Cl)[C@H](C)C(=O)NC(C)(C)C. The van der Waals surface area contributed by atoms with Gasteiger partial charge in [0.15, 0.2) is 0 Å². The molecule has 0 spiro atoms. The molecular formula is C23H29ClN2O2. The van der Waals surface area contributed by atoms with Crippen LogP contribution in [-0.4, -0.2) is 28.3 Å². The molecule has 2 amide bonds. The van der Waals surface area contributed by atoms with E-state index >= 15 is 0 Å². The first-order valence-corrected chi connectivity index (χ1v) is 9.85. The summed E-state index contributed by atoms with van der Waals surface area (Å²) < 4.78 is 0. The van der Waals surface area contributed by atoms with Gasteiger partial charge in [-0.1, -0.05) is 54.1 Å². The maximum absolute atomic E-state index is 13.2. The third-order valence-corrected chi connectivity index (χ3v) is 4.94. The molecule has 2 aromatic carbocycles. The topological polar surface area (TPSA) is 49.4 Å². The molecule has 5 heteroatoms. The molecule has 0 aliphatic heterocycles. The molecule has 4 nitrogen and oxygen atoms in total. The van der Waals surface area contributed by atoms with Gasteiger partial charge in [-0.2, -0.15) is 0 Å². The minimum atomic E-state index is -0.619. The summed E-state index contributed by atoms with van der Waals surface area (Å²) in [4.78, 5) is 27.6. The van der Waals surface area contributed by atoms with Crippen molar-refractivity contribution in [1.82, 2.24) is 10.2 Å². The highest BCUT2D eigenvalue weighted by molar-refractivity contribution is 6.31. The van der Waals surface area contributed by atoms with Gasteiger partial charge in [-0.05, 0) is 57.4 Å². The van der Waals surface area contributed by atoms with Gasteiger partial charge in [0.1, 0.15) is 6.04 Å². The number of amides is 2. The Balaban J connectivity index is 2.29. The summed E-state index contributed by atoms with van der Waals surface area (Å²) in [6.07, 6.45) is 0.240. The number of aryl methyl sites for hydroxylation is 1. The molecule has 0 fully saturated rings. The number of hydrogen-bond donors (Lipinski definition) is 1. The van der Waals surface area contributed by atoms with E-state index in [-0.39, 0.29) is 30.3 Å². The lowest BCUT2D eigenvalue weighted by Gasteiger charge is -2.32. The Morgan fingerprint density at radius 3 is 2.18 bits per heavy atom. The molecule has 0 aliphatic carbocycles. The van der Waals surface area contributed by atoms with Gasteiger partial charge >= 0.3 is 0 Å². The van der Waals surface area contributed by atoms with E-state index in [4.69, 9.17) is 11.6 Å². The molecule has 2 rings (SSSR count). The Kier molecular flexibility index (Phi) is 7.25. The van der Waals surface area contributed by atoms with Gasteiger partial charge < -0.3 is 10.2 Å². The van der Waals surface area contributed by atoms with E-state index in [2.05, 4.69) is 5.32 Å². The molecule has 0 unspecified atom stereocenters. The minimum Gasteiger partial charge on any atom is -0.350 e. The first kappa shape index (κ1) is 22.0. The largest absolute Gasteiger partial charge is 0.350 e. The summed E-state index contributed by atoms with van der Waals surface area (Å²) in [6, 6.07) is 14.6. The molecule has 1 N–H and O–H groups in total. The van der Waals surface area contributed by atoms with E-state index in [1.165, 1.54) is 0 Å². The van der Waals surface area contributed by atoms with Crippen LogP contribution in [0.3, 0.4) is 0 Å². The maximum atomic E-state index is 13.2. The minimum absolute atomic E-state index is 0.106. The summed E-state index contributed by atoms with van der Waals surface area (Å²) in [7, 11) is 0. The second-order valence-electron chi connectivity index (χ2n) is 8.13. The quantitative estimate of drug-likeness (QED) is 0.774. The molecule has 0 aliphatic rings. The third-order valence-electron chi connectivity index (χ3n) is 4.57. The van der Waals surface area contributed by atoms with Crippen LogP contribution in [0.1, 0.15) is 44.4 Å². The number of rotatable bonds is 6. The Bertz CT molecular complexity index is 842.